The van der Waals surface area contributed by atoms with E-state index in [1.807, 2.05) is 36.4 Å². The first-order chi connectivity index (χ1) is 13.2. The average Bonchev–Trinajstić information content (AvgIpc) is 3.32. The van der Waals surface area contributed by atoms with E-state index in [1.165, 1.54) is 0 Å². The first-order valence-electron chi connectivity index (χ1n) is 8.38. The van der Waals surface area contributed by atoms with Crippen LogP contribution in [0.3, 0.4) is 0 Å². The van der Waals surface area contributed by atoms with Gasteiger partial charge in [-0.25, -0.2) is 9.67 Å². The highest BCUT2D eigenvalue weighted by Gasteiger charge is 2.10. The van der Waals surface area contributed by atoms with Crippen LogP contribution in [0.15, 0.2) is 60.8 Å². The van der Waals surface area contributed by atoms with Crippen molar-refractivity contribution in [2.45, 2.75) is 0 Å². The highest BCUT2D eigenvalue weighted by atomic mass is 35.5. The lowest BCUT2D eigenvalue weighted by Gasteiger charge is -2.04. The second kappa shape index (κ2) is 7.77. The Kier molecular flexibility index (Phi) is 5.04. The first-order valence-corrected chi connectivity index (χ1v) is 9.58. The monoisotopic (exact) mass is 397 g/mol. The van der Waals surface area contributed by atoms with Gasteiger partial charge in [-0.15, -0.1) is 0 Å². The van der Waals surface area contributed by atoms with Gasteiger partial charge in [0.25, 0.3) is 5.91 Å². The van der Waals surface area contributed by atoms with Gasteiger partial charge in [0.15, 0.2) is 10.8 Å². The largest absolute Gasteiger partial charge is 0.360 e. The second-order valence-corrected chi connectivity index (χ2v) is 7.26. The lowest BCUT2D eigenvalue weighted by Crippen LogP contribution is -2.29. The Bertz CT molecular complexity index is 1060. The highest BCUT2D eigenvalue weighted by Crippen LogP contribution is 2.24. The Hall–Kier alpha value is -2.90. The third-order valence-electron chi connectivity index (χ3n) is 3.88. The van der Waals surface area contributed by atoms with Crippen LogP contribution in [-0.4, -0.2) is 33.8 Å². The molecule has 0 saturated heterocycles. The lowest BCUT2D eigenvalue weighted by molar-refractivity contribution is 0.0950. The van der Waals surface area contributed by atoms with Gasteiger partial charge in [-0.3, -0.25) is 4.79 Å². The van der Waals surface area contributed by atoms with E-state index >= 15 is 0 Å². The molecular weight excluding hydrogens is 382 g/mol. The van der Waals surface area contributed by atoms with Crippen LogP contribution in [0.25, 0.3) is 15.9 Å². The number of benzene rings is 2. The summed E-state index contributed by atoms with van der Waals surface area (Å²) in [6, 6.07) is 17.0. The summed E-state index contributed by atoms with van der Waals surface area (Å²) in [4.78, 5) is 16.8. The van der Waals surface area contributed by atoms with Crippen molar-refractivity contribution in [3.05, 3.63) is 71.5 Å². The van der Waals surface area contributed by atoms with Gasteiger partial charge in [0.05, 0.1) is 15.9 Å². The van der Waals surface area contributed by atoms with Crippen LogP contribution in [0.1, 0.15) is 10.5 Å². The number of nitrogens with zero attached hydrogens (tertiary/aromatic N) is 3. The number of aromatic nitrogens is 3. The molecule has 0 bridgehead atoms. The zero-order valence-electron chi connectivity index (χ0n) is 14.2. The number of anilines is 1. The van der Waals surface area contributed by atoms with Gasteiger partial charge in [0, 0.05) is 24.3 Å². The Morgan fingerprint density at radius 1 is 1.11 bits per heavy atom. The molecule has 2 N–H and O–H groups in total. The predicted molar refractivity (Wildman–Crippen MR) is 109 cm³/mol. The number of rotatable bonds is 6. The molecule has 27 heavy (non-hydrogen) atoms. The second-order valence-electron chi connectivity index (χ2n) is 5.79. The summed E-state index contributed by atoms with van der Waals surface area (Å²) in [7, 11) is 0. The zero-order chi connectivity index (χ0) is 18.6. The van der Waals surface area contributed by atoms with Crippen LogP contribution in [0.5, 0.6) is 0 Å². The van der Waals surface area contributed by atoms with E-state index in [0.717, 1.165) is 21.0 Å². The maximum absolute atomic E-state index is 12.3. The standard InChI is InChI=1S/C19H16ClN5OS/c20-13-4-3-5-14(12-13)25-11-8-16(24-25)18(26)21-9-10-22-19-23-15-6-1-2-7-17(15)27-19/h1-8,11-12H,9-10H2,(H,21,26)(H,22,23). The number of halogens is 1. The van der Waals surface area contributed by atoms with E-state index in [2.05, 4.69) is 20.7 Å². The third-order valence-corrected chi connectivity index (χ3v) is 5.10. The van der Waals surface area contributed by atoms with Crippen molar-refractivity contribution in [3.8, 4) is 5.69 Å². The Balaban J connectivity index is 1.30. The number of nitrogens with one attached hydrogen (secondary N) is 2. The average molecular weight is 398 g/mol. The molecule has 4 rings (SSSR count). The van der Waals surface area contributed by atoms with E-state index in [-0.39, 0.29) is 5.91 Å². The zero-order valence-corrected chi connectivity index (χ0v) is 15.8. The van der Waals surface area contributed by atoms with Crippen molar-refractivity contribution in [1.29, 1.82) is 0 Å². The van der Waals surface area contributed by atoms with E-state index in [9.17, 15) is 4.79 Å². The molecule has 0 aliphatic heterocycles. The van der Waals surface area contributed by atoms with Gasteiger partial charge in [0.2, 0.25) is 0 Å². The summed E-state index contributed by atoms with van der Waals surface area (Å²) in [5, 5.41) is 11.8. The molecule has 0 spiro atoms. The SMILES string of the molecule is O=C(NCCNc1nc2ccccc2s1)c1ccn(-c2cccc(Cl)c2)n1. The molecule has 0 atom stereocenters. The highest BCUT2D eigenvalue weighted by molar-refractivity contribution is 7.22. The molecular formula is C19H16ClN5OS. The quantitative estimate of drug-likeness (QED) is 0.483. The number of hydrogen-bond donors (Lipinski definition) is 2. The Morgan fingerprint density at radius 2 is 2.00 bits per heavy atom. The van der Waals surface area contributed by atoms with Crippen molar-refractivity contribution in [3.63, 3.8) is 0 Å². The summed E-state index contributed by atoms with van der Waals surface area (Å²) in [6.07, 6.45) is 1.74. The minimum atomic E-state index is -0.220. The molecule has 2 aromatic carbocycles. The van der Waals surface area contributed by atoms with Crippen LogP contribution < -0.4 is 10.6 Å². The van der Waals surface area contributed by atoms with Gasteiger partial charge in [0.1, 0.15) is 0 Å². The van der Waals surface area contributed by atoms with Crippen LogP contribution in [-0.2, 0) is 0 Å². The molecule has 4 aromatic rings. The van der Waals surface area contributed by atoms with Gasteiger partial charge < -0.3 is 10.6 Å². The van der Waals surface area contributed by atoms with Gasteiger partial charge in [-0.2, -0.15) is 5.10 Å². The topological polar surface area (TPSA) is 71.8 Å². The minimum absolute atomic E-state index is 0.220. The number of fused-ring (bicyclic) bond motifs is 1. The summed E-state index contributed by atoms with van der Waals surface area (Å²) < 4.78 is 2.76. The molecule has 2 heterocycles. The van der Waals surface area contributed by atoms with Gasteiger partial charge in [-0.05, 0) is 36.4 Å². The third kappa shape index (κ3) is 4.10. The summed E-state index contributed by atoms with van der Waals surface area (Å²) >= 11 is 7.59. The normalized spacial score (nSPS) is 10.9. The fraction of sp³-hybridized carbons (Fsp3) is 0.105. The van der Waals surface area contributed by atoms with Crippen LogP contribution in [0.4, 0.5) is 5.13 Å². The fourth-order valence-corrected chi connectivity index (χ4v) is 3.67. The van der Waals surface area contributed by atoms with Crippen LogP contribution in [0, 0.1) is 0 Å². The molecule has 1 amide bonds. The maximum Gasteiger partial charge on any atom is 0.271 e. The van der Waals surface area contributed by atoms with Gasteiger partial charge in [-0.1, -0.05) is 41.1 Å². The molecule has 2 aromatic heterocycles. The number of carbonyl (C=O) groups excluding carboxylic acids is 1. The molecule has 0 fully saturated rings. The summed E-state index contributed by atoms with van der Waals surface area (Å²) in [5.74, 6) is -0.220. The van der Waals surface area contributed by atoms with Crippen molar-refractivity contribution in [2.24, 2.45) is 0 Å². The number of para-hydroxylation sites is 1. The summed E-state index contributed by atoms with van der Waals surface area (Å²) in [6.45, 7) is 1.05. The van der Waals surface area contributed by atoms with E-state index < -0.39 is 0 Å². The van der Waals surface area contributed by atoms with Crippen molar-refractivity contribution < 1.29 is 4.79 Å². The van der Waals surface area contributed by atoms with Crippen LogP contribution >= 0.6 is 22.9 Å². The summed E-state index contributed by atoms with van der Waals surface area (Å²) in [5.41, 5.74) is 2.13. The van der Waals surface area contributed by atoms with E-state index in [4.69, 9.17) is 11.6 Å². The lowest BCUT2D eigenvalue weighted by atomic mass is 10.3. The first kappa shape index (κ1) is 17.5. The molecule has 8 heteroatoms. The molecule has 0 saturated carbocycles. The molecule has 0 unspecified atom stereocenters. The van der Waals surface area contributed by atoms with E-state index in [1.54, 1.807) is 40.4 Å². The Morgan fingerprint density at radius 3 is 2.85 bits per heavy atom. The predicted octanol–water partition coefficient (Wildman–Crippen LogP) is 3.98. The number of thiazole rings is 1. The van der Waals surface area contributed by atoms with Gasteiger partial charge >= 0.3 is 0 Å². The van der Waals surface area contributed by atoms with Crippen molar-refractivity contribution >= 4 is 44.2 Å². The van der Waals surface area contributed by atoms with E-state index in [0.29, 0.717) is 23.8 Å². The molecule has 0 aliphatic rings. The number of carbonyl (C=O) groups is 1. The van der Waals surface area contributed by atoms with Crippen LogP contribution in [0.2, 0.25) is 5.02 Å². The minimum Gasteiger partial charge on any atom is -0.360 e. The Labute approximate surface area is 164 Å². The number of hydrogen-bond acceptors (Lipinski definition) is 5. The van der Waals surface area contributed by atoms with Crippen molar-refractivity contribution in [2.75, 3.05) is 18.4 Å². The number of amides is 1. The smallest absolute Gasteiger partial charge is 0.271 e. The maximum atomic E-state index is 12.3. The molecule has 6 nitrogen and oxygen atoms in total. The molecule has 0 radical (unpaired) electrons. The van der Waals surface area contributed by atoms with Crippen molar-refractivity contribution in [1.82, 2.24) is 20.1 Å². The fourth-order valence-electron chi connectivity index (χ4n) is 2.59. The molecule has 0 aliphatic carbocycles. The molecule has 136 valence electrons.